The Bertz CT molecular complexity index is 215. The molecule has 0 aromatic rings. The molecule has 1 saturated carbocycles. The molecule has 1 aliphatic carbocycles. The summed E-state index contributed by atoms with van der Waals surface area (Å²) in [6.45, 7) is 2.88. The molecule has 0 aromatic carbocycles. The van der Waals surface area contributed by atoms with E-state index in [0.717, 1.165) is 32.4 Å². The zero-order valence-electron chi connectivity index (χ0n) is 11.1. The highest BCUT2D eigenvalue weighted by Crippen LogP contribution is 2.31. The van der Waals surface area contributed by atoms with Gasteiger partial charge in [0.2, 0.25) is 0 Å². The van der Waals surface area contributed by atoms with Crippen molar-refractivity contribution in [3.63, 3.8) is 0 Å². The summed E-state index contributed by atoms with van der Waals surface area (Å²) in [6, 6.07) is 0. The van der Waals surface area contributed by atoms with Crippen LogP contribution >= 0.6 is 0 Å². The van der Waals surface area contributed by atoms with Gasteiger partial charge in [0.25, 0.3) is 0 Å². The van der Waals surface area contributed by atoms with Crippen LogP contribution in [0.5, 0.6) is 0 Å². The lowest BCUT2D eigenvalue weighted by atomic mass is 9.91. The van der Waals surface area contributed by atoms with Crippen molar-refractivity contribution in [3.05, 3.63) is 0 Å². The second-order valence-corrected chi connectivity index (χ2v) is 5.14. The van der Waals surface area contributed by atoms with Crippen molar-refractivity contribution in [2.45, 2.75) is 45.2 Å². The molecule has 1 rings (SSSR count). The maximum absolute atomic E-state index is 12.0. The van der Waals surface area contributed by atoms with Gasteiger partial charge in [0, 0.05) is 6.54 Å². The van der Waals surface area contributed by atoms with Crippen LogP contribution in [0.1, 0.15) is 39.0 Å². The fourth-order valence-electron chi connectivity index (χ4n) is 2.58. The van der Waals surface area contributed by atoms with Gasteiger partial charge in [-0.25, -0.2) is 0 Å². The highest BCUT2D eigenvalue weighted by atomic mass is 19.4. The summed E-state index contributed by atoms with van der Waals surface area (Å²) in [5.41, 5.74) is 0. The molecule has 0 aromatic heterocycles. The Labute approximate surface area is 107 Å². The van der Waals surface area contributed by atoms with Crippen LogP contribution in [-0.4, -0.2) is 32.5 Å². The Morgan fingerprint density at radius 3 is 2.50 bits per heavy atom. The first-order valence-corrected chi connectivity index (χ1v) is 6.88. The third kappa shape index (κ3) is 6.59. The number of hydrogen-bond acceptors (Lipinski definition) is 2. The molecule has 0 spiro atoms. The molecule has 0 amide bonds. The highest BCUT2D eigenvalue weighted by Gasteiger charge is 2.30. The summed E-state index contributed by atoms with van der Waals surface area (Å²) in [7, 11) is 0. The van der Waals surface area contributed by atoms with Gasteiger partial charge in [-0.2, -0.15) is 13.2 Å². The summed E-state index contributed by atoms with van der Waals surface area (Å²) in [6.07, 6.45) is 1.50. The standard InChI is InChI=1S/C13H24F3NO/c1-2-7-17-8-12(11-5-3-4-6-11)9-18-10-13(14,15)16/h11-12,17H,2-10H2,1H3. The fraction of sp³-hybridized carbons (Fsp3) is 1.00. The van der Waals surface area contributed by atoms with Crippen LogP contribution in [0.2, 0.25) is 0 Å². The van der Waals surface area contributed by atoms with E-state index in [1.165, 1.54) is 12.8 Å². The van der Waals surface area contributed by atoms with E-state index in [0.29, 0.717) is 5.92 Å². The number of rotatable bonds is 8. The van der Waals surface area contributed by atoms with E-state index in [1.54, 1.807) is 0 Å². The average molecular weight is 267 g/mol. The zero-order valence-corrected chi connectivity index (χ0v) is 11.1. The van der Waals surface area contributed by atoms with E-state index in [2.05, 4.69) is 12.2 Å². The van der Waals surface area contributed by atoms with E-state index in [9.17, 15) is 13.2 Å². The number of hydrogen-bond donors (Lipinski definition) is 1. The maximum Gasteiger partial charge on any atom is 0.411 e. The summed E-state index contributed by atoms with van der Waals surface area (Å²) in [4.78, 5) is 0. The van der Waals surface area contributed by atoms with E-state index < -0.39 is 12.8 Å². The number of ether oxygens (including phenoxy) is 1. The Balaban J connectivity index is 2.29. The van der Waals surface area contributed by atoms with Gasteiger partial charge >= 0.3 is 6.18 Å². The molecule has 1 atom stereocenters. The lowest BCUT2D eigenvalue weighted by Gasteiger charge is -2.24. The maximum atomic E-state index is 12.0. The predicted octanol–water partition coefficient (Wildman–Crippen LogP) is 3.37. The van der Waals surface area contributed by atoms with E-state index in [1.807, 2.05) is 0 Å². The van der Waals surface area contributed by atoms with Crippen LogP contribution in [0.15, 0.2) is 0 Å². The van der Waals surface area contributed by atoms with Crippen molar-refractivity contribution in [3.8, 4) is 0 Å². The van der Waals surface area contributed by atoms with Crippen LogP contribution in [0.25, 0.3) is 0 Å². The average Bonchev–Trinajstić information content (AvgIpc) is 2.79. The zero-order chi connectivity index (χ0) is 13.4. The molecule has 0 radical (unpaired) electrons. The monoisotopic (exact) mass is 267 g/mol. The number of alkyl halides is 3. The minimum Gasteiger partial charge on any atom is -0.372 e. The number of halogens is 3. The van der Waals surface area contributed by atoms with Gasteiger partial charge in [0.05, 0.1) is 6.61 Å². The lowest BCUT2D eigenvalue weighted by Crippen LogP contribution is -2.32. The van der Waals surface area contributed by atoms with Gasteiger partial charge < -0.3 is 10.1 Å². The molecule has 1 fully saturated rings. The van der Waals surface area contributed by atoms with Crippen molar-refractivity contribution in [2.24, 2.45) is 11.8 Å². The first-order chi connectivity index (χ1) is 8.53. The Morgan fingerprint density at radius 2 is 1.94 bits per heavy atom. The molecular formula is C13H24F3NO. The Hall–Kier alpha value is -0.290. The first kappa shape index (κ1) is 15.8. The van der Waals surface area contributed by atoms with Gasteiger partial charge in [-0.1, -0.05) is 32.6 Å². The SMILES string of the molecule is CCCNCC(COCC(F)(F)F)C1CCCC1. The topological polar surface area (TPSA) is 21.3 Å². The molecule has 0 aliphatic heterocycles. The van der Waals surface area contributed by atoms with Crippen molar-refractivity contribution in [2.75, 3.05) is 26.3 Å². The fourth-order valence-corrected chi connectivity index (χ4v) is 2.58. The summed E-state index contributed by atoms with van der Waals surface area (Å²) in [5, 5.41) is 3.30. The number of nitrogens with one attached hydrogen (secondary N) is 1. The van der Waals surface area contributed by atoms with Gasteiger partial charge in [0.1, 0.15) is 6.61 Å². The van der Waals surface area contributed by atoms with E-state index in [4.69, 9.17) is 4.74 Å². The van der Waals surface area contributed by atoms with Crippen molar-refractivity contribution in [1.29, 1.82) is 0 Å². The predicted molar refractivity (Wildman–Crippen MR) is 65.5 cm³/mol. The molecule has 0 bridgehead atoms. The summed E-state index contributed by atoms with van der Waals surface area (Å²) >= 11 is 0. The van der Waals surface area contributed by atoms with Crippen LogP contribution in [0.3, 0.4) is 0 Å². The quantitative estimate of drug-likeness (QED) is 0.681. The largest absolute Gasteiger partial charge is 0.411 e. The molecule has 5 heteroatoms. The third-order valence-electron chi connectivity index (χ3n) is 3.50. The third-order valence-corrected chi connectivity index (χ3v) is 3.50. The molecule has 2 nitrogen and oxygen atoms in total. The van der Waals surface area contributed by atoms with Gasteiger partial charge in [-0.05, 0) is 24.8 Å². The first-order valence-electron chi connectivity index (χ1n) is 6.88. The van der Waals surface area contributed by atoms with Crippen LogP contribution < -0.4 is 5.32 Å². The lowest BCUT2D eigenvalue weighted by molar-refractivity contribution is -0.177. The molecule has 0 saturated heterocycles. The molecule has 1 N–H and O–H groups in total. The highest BCUT2D eigenvalue weighted by molar-refractivity contribution is 4.77. The molecule has 18 heavy (non-hydrogen) atoms. The molecule has 0 heterocycles. The van der Waals surface area contributed by atoms with Crippen LogP contribution in [0.4, 0.5) is 13.2 Å². The van der Waals surface area contributed by atoms with E-state index >= 15 is 0 Å². The van der Waals surface area contributed by atoms with Crippen molar-refractivity contribution in [1.82, 2.24) is 5.32 Å². The smallest absolute Gasteiger partial charge is 0.372 e. The van der Waals surface area contributed by atoms with Gasteiger partial charge in [-0.3, -0.25) is 0 Å². The molecule has 108 valence electrons. The van der Waals surface area contributed by atoms with Gasteiger partial charge in [-0.15, -0.1) is 0 Å². The van der Waals surface area contributed by atoms with E-state index in [-0.39, 0.29) is 12.5 Å². The van der Waals surface area contributed by atoms with Crippen molar-refractivity contribution >= 4 is 0 Å². The summed E-state index contributed by atoms with van der Waals surface area (Å²) in [5.74, 6) is 0.754. The Morgan fingerprint density at radius 1 is 1.28 bits per heavy atom. The van der Waals surface area contributed by atoms with Gasteiger partial charge in [0.15, 0.2) is 0 Å². The van der Waals surface area contributed by atoms with Crippen LogP contribution in [-0.2, 0) is 4.74 Å². The second kappa shape index (κ2) is 8.00. The Kier molecular flexibility index (Phi) is 7.00. The van der Waals surface area contributed by atoms with Crippen molar-refractivity contribution < 1.29 is 17.9 Å². The molecule has 1 unspecified atom stereocenters. The molecular weight excluding hydrogens is 243 g/mol. The normalized spacial score (nSPS) is 19.3. The molecule has 1 aliphatic rings. The second-order valence-electron chi connectivity index (χ2n) is 5.14. The minimum absolute atomic E-state index is 0.223. The minimum atomic E-state index is -4.21. The summed E-state index contributed by atoms with van der Waals surface area (Å²) < 4.78 is 41.0. The van der Waals surface area contributed by atoms with Crippen LogP contribution in [0, 0.1) is 11.8 Å².